The van der Waals surface area contributed by atoms with Crippen LogP contribution in [-0.4, -0.2) is 35.0 Å². The lowest BCUT2D eigenvalue weighted by Gasteiger charge is -2.14. The molecule has 0 aliphatic carbocycles. The molecule has 0 radical (unpaired) electrons. The van der Waals surface area contributed by atoms with Crippen molar-refractivity contribution in [3.05, 3.63) is 39.4 Å². The smallest absolute Gasteiger partial charge is 0.258 e. The quantitative estimate of drug-likeness (QED) is 0.865. The van der Waals surface area contributed by atoms with Crippen molar-refractivity contribution >= 4 is 22.5 Å². The van der Waals surface area contributed by atoms with Crippen molar-refractivity contribution in [3.63, 3.8) is 0 Å². The summed E-state index contributed by atoms with van der Waals surface area (Å²) < 4.78 is 0. The molecule has 0 amide bonds. The number of hydrogen-bond acceptors (Lipinski definition) is 4. The van der Waals surface area contributed by atoms with E-state index in [4.69, 9.17) is 17.3 Å². The van der Waals surface area contributed by atoms with E-state index in [0.29, 0.717) is 34.8 Å². The van der Waals surface area contributed by atoms with Crippen molar-refractivity contribution in [1.29, 1.82) is 0 Å². The van der Waals surface area contributed by atoms with Gasteiger partial charge in [-0.3, -0.25) is 9.69 Å². The molecular formula is C12H15ClN4O. The Labute approximate surface area is 110 Å². The van der Waals surface area contributed by atoms with Crippen LogP contribution < -0.4 is 11.3 Å². The van der Waals surface area contributed by atoms with Gasteiger partial charge in [0.05, 0.1) is 17.4 Å². The maximum atomic E-state index is 11.9. The summed E-state index contributed by atoms with van der Waals surface area (Å²) in [7, 11) is 1.93. The minimum absolute atomic E-state index is 0.168. The van der Waals surface area contributed by atoms with Gasteiger partial charge in [0.15, 0.2) is 0 Å². The van der Waals surface area contributed by atoms with E-state index in [1.54, 1.807) is 18.2 Å². The molecule has 0 unspecified atom stereocenters. The molecule has 96 valence electrons. The van der Waals surface area contributed by atoms with Crippen molar-refractivity contribution in [2.75, 3.05) is 20.1 Å². The van der Waals surface area contributed by atoms with Gasteiger partial charge in [0.2, 0.25) is 0 Å². The second-order valence-corrected chi connectivity index (χ2v) is 4.64. The predicted octanol–water partition coefficient (Wildman–Crippen LogP) is 0.967. The summed E-state index contributed by atoms with van der Waals surface area (Å²) in [5.41, 5.74) is 5.96. The third-order valence-corrected chi connectivity index (χ3v) is 2.88. The van der Waals surface area contributed by atoms with Crippen LogP contribution in [0.15, 0.2) is 23.0 Å². The van der Waals surface area contributed by atoms with Crippen LogP contribution in [0.25, 0.3) is 10.9 Å². The second-order valence-electron chi connectivity index (χ2n) is 4.20. The van der Waals surface area contributed by atoms with E-state index in [0.717, 1.165) is 6.54 Å². The Kier molecular flexibility index (Phi) is 3.96. The van der Waals surface area contributed by atoms with Crippen LogP contribution in [0.2, 0.25) is 5.02 Å². The van der Waals surface area contributed by atoms with Crippen LogP contribution in [0.4, 0.5) is 0 Å². The maximum absolute atomic E-state index is 11.9. The third kappa shape index (κ3) is 2.87. The standard InChI is InChI=1S/C12H15ClN4O/c1-17(5-4-14)7-11-15-10-3-2-8(13)6-9(10)12(18)16-11/h2-3,6H,4-5,7,14H2,1H3,(H,15,16,18). The van der Waals surface area contributed by atoms with Gasteiger partial charge in [-0.25, -0.2) is 4.98 Å². The van der Waals surface area contributed by atoms with Crippen molar-refractivity contribution in [2.24, 2.45) is 5.73 Å². The van der Waals surface area contributed by atoms with E-state index in [1.807, 2.05) is 11.9 Å². The molecule has 0 fully saturated rings. The molecular weight excluding hydrogens is 252 g/mol. The van der Waals surface area contributed by atoms with Crippen LogP contribution in [0.3, 0.4) is 0 Å². The first kappa shape index (κ1) is 13.0. The number of fused-ring (bicyclic) bond motifs is 1. The molecule has 3 N–H and O–H groups in total. The molecule has 0 atom stereocenters. The highest BCUT2D eigenvalue weighted by Gasteiger charge is 2.06. The van der Waals surface area contributed by atoms with Crippen molar-refractivity contribution in [2.45, 2.75) is 6.54 Å². The first-order chi connectivity index (χ1) is 8.60. The average Bonchev–Trinajstić information content (AvgIpc) is 2.30. The summed E-state index contributed by atoms with van der Waals surface area (Å²) in [5, 5.41) is 1.04. The number of nitrogens with two attached hydrogens (primary N) is 1. The number of nitrogens with zero attached hydrogens (tertiary/aromatic N) is 2. The Morgan fingerprint density at radius 3 is 3.00 bits per heavy atom. The summed E-state index contributed by atoms with van der Waals surface area (Å²) in [6, 6.07) is 5.10. The highest BCUT2D eigenvalue weighted by molar-refractivity contribution is 6.31. The molecule has 18 heavy (non-hydrogen) atoms. The molecule has 1 aromatic carbocycles. The number of aromatic amines is 1. The lowest BCUT2D eigenvalue weighted by Crippen LogP contribution is -2.27. The fourth-order valence-corrected chi connectivity index (χ4v) is 1.96. The van der Waals surface area contributed by atoms with E-state index in [-0.39, 0.29) is 5.56 Å². The maximum Gasteiger partial charge on any atom is 0.258 e. The summed E-state index contributed by atoms with van der Waals surface area (Å²) >= 11 is 5.85. The predicted molar refractivity (Wildman–Crippen MR) is 72.8 cm³/mol. The van der Waals surface area contributed by atoms with Crippen LogP contribution in [-0.2, 0) is 6.54 Å². The average molecular weight is 267 g/mol. The molecule has 0 saturated heterocycles. The molecule has 1 aromatic heterocycles. The van der Waals surface area contributed by atoms with Crippen molar-refractivity contribution < 1.29 is 0 Å². The molecule has 5 nitrogen and oxygen atoms in total. The minimum Gasteiger partial charge on any atom is -0.329 e. The van der Waals surface area contributed by atoms with E-state index in [2.05, 4.69) is 9.97 Å². The Bertz CT molecular complexity index is 611. The number of hydrogen-bond donors (Lipinski definition) is 2. The lowest BCUT2D eigenvalue weighted by atomic mass is 10.2. The van der Waals surface area contributed by atoms with Gasteiger partial charge < -0.3 is 10.7 Å². The SMILES string of the molecule is CN(CCN)Cc1nc2ccc(Cl)cc2c(=O)[nH]1. The second kappa shape index (κ2) is 5.48. The third-order valence-electron chi connectivity index (χ3n) is 2.65. The van der Waals surface area contributed by atoms with Gasteiger partial charge in [-0.1, -0.05) is 11.6 Å². The van der Waals surface area contributed by atoms with Gasteiger partial charge in [0.1, 0.15) is 5.82 Å². The molecule has 1 heterocycles. The zero-order chi connectivity index (χ0) is 13.1. The first-order valence-electron chi connectivity index (χ1n) is 5.67. The number of likely N-dealkylation sites (N-methyl/N-ethyl adjacent to an activating group) is 1. The highest BCUT2D eigenvalue weighted by atomic mass is 35.5. The Hall–Kier alpha value is -1.43. The summed E-state index contributed by atoms with van der Waals surface area (Å²) in [6.07, 6.45) is 0. The molecule has 2 rings (SSSR count). The number of nitrogens with one attached hydrogen (secondary N) is 1. The van der Waals surface area contributed by atoms with Gasteiger partial charge in [-0.2, -0.15) is 0 Å². The highest BCUT2D eigenvalue weighted by Crippen LogP contribution is 2.14. The van der Waals surface area contributed by atoms with E-state index in [9.17, 15) is 4.79 Å². The number of rotatable bonds is 4. The number of benzene rings is 1. The summed E-state index contributed by atoms with van der Waals surface area (Å²) in [5.74, 6) is 0.630. The zero-order valence-corrected chi connectivity index (χ0v) is 10.9. The van der Waals surface area contributed by atoms with Crippen LogP contribution in [0.1, 0.15) is 5.82 Å². The summed E-state index contributed by atoms with van der Waals surface area (Å²) in [6.45, 7) is 1.89. The van der Waals surface area contributed by atoms with Crippen LogP contribution >= 0.6 is 11.6 Å². The fraction of sp³-hybridized carbons (Fsp3) is 0.333. The molecule has 2 aromatic rings. The van der Waals surface area contributed by atoms with Gasteiger partial charge in [-0.05, 0) is 25.2 Å². The lowest BCUT2D eigenvalue weighted by molar-refractivity contribution is 0.327. The fourth-order valence-electron chi connectivity index (χ4n) is 1.79. The Morgan fingerprint density at radius 2 is 2.28 bits per heavy atom. The molecule has 0 aliphatic heterocycles. The van der Waals surface area contributed by atoms with Gasteiger partial charge in [0.25, 0.3) is 5.56 Å². The van der Waals surface area contributed by atoms with Gasteiger partial charge in [-0.15, -0.1) is 0 Å². The topological polar surface area (TPSA) is 75.0 Å². The monoisotopic (exact) mass is 266 g/mol. The minimum atomic E-state index is -0.168. The number of H-pyrrole nitrogens is 1. The van der Waals surface area contributed by atoms with E-state index >= 15 is 0 Å². The van der Waals surface area contributed by atoms with E-state index < -0.39 is 0 Å². The normalized spacial score (nSPS) is 11.3. The Balaban J connectivity index is 2.37. The first-order valence-corrected chi connectivity index (χ1v) is 6.05. The van der Waals surface area contributed by atoms with Crippen LogP contribution in [0, 0.1) is 0 Å². The van der Waals surface area contributed by atoms with Gasteiger partial charge in [0, 0.05) is 18.1 Å². The summed E-state index contributed by atoms with van der Waals surface area (Å²) in [4.78, 5) is 21.1. The molecule has 0 spiro atoms. The Morgan fingerprint density at radius 1 is 1.50 bits per heavy atom. The zero-order valence-electron chi connectivity index (χ0n) is 10.1. The number of aromatic nitrogens is 2. The molecule has 0 aliphatic rings. The van der Waals surface area contributed by atoms with Gasteiger partial charge >= 0.3 is 0 Å². The van der Waals surface area contributed by atoms with E-state index in [1.165, 1.54) is 0 Å². The number of halogens is 1. The van der Waals surface area contributed by atoms with Crippen LogP contribution in [0.5, 0.6) is 0 Å². The molecule has 0 bridgehead atoms. The molecule has 6 heteroatoms. The largest absolute Gasteiger partial charge is 0.329 e. The molecule has 0 saturated carbocycles. The van der Waals surface area contributed by atoms with Crippen molar-refractivity contribution in [3.8, 4) is 0 Å². The van der Waals surface area contributed by atoms with Crippen molar-refractivity contribution in [1.82, 2.24) is 14.9 Å².